The minimum absolute atomic E-state index is 0.0353. The molecular formula is C14H17FN4O2S. The van der Waals surface area contributed by atoms with Gasteiger partial charge in [0.2, 0.25) is 5.76 Å². The first-order chi connectivity index (χ1) is 10.6. The number of hydrogen-bond donors (Lipinski definition) is 1. The van der Waals surface area contributed by atoms with E-state index in [2.05, 4.69) is 15.5 Å². The molecule has 0 spiro atoms. The molecule has 2 aromatic rings. The molecule has 1 aliphatic heterocycles. The van der Waals surface area contributed by atoms with E-state index < -0.39 is 6.17 Å². The zero-order valence-electron chi connectivity index (χ0n) is 12.2. The van der Waals surface area contributed by atoms with Crippen LogP contribution in [-0.4, -0.2) is 46.3 Å². The van der Waals surface area contributed by atoms with Crippen LogP contribution in [0.3, 0.4) is 0 Å². The third-order valence-corrected chi connectivity index (χ3v) is 4.41. The molecule has 2 aromatic heterocycles. The normalized spacial score (nSPS) is 22.1. The Morgan fingerprint density at radius 3 is 3.18 bits per heavy atom. The lowest BCUT2D eigenvalue weighted by atomic mass is 10.2. The molecule has 118 valence electrons. The van der Waals surface area contributed by atoms with Gasteiger partial charge in [-0.3, -0.25) is 9.69 Å². The van der Waals surface area contributed by atoms with Crippen LogP contribution in [0, 0.1) is 6.92 Å². The van der Waals surface area contributed by atoms with Crippen molar-refractivity contribution < 1.29 is 13.7 Å². The van der Waals surface area contributed by atoms with Crippen LogP contribution in [0.4, 0.5) is 4.39 Å². The van der Waals surface area contributed by atoms with Gasteiger partial charge in [-0.25, -0.2) is 9.37 Å². The van der Waals surface area contributed by atoms with Gasteiger partial charge in [0, 0.05) is 36.8 Å². The van der Waals surface area contributed by atoms with Gasteiger partial charge in [-0.05, 0) is 13.3 Å². The quantitative estimate of drug-likeness (QED) is 0.908. The molecule has 1 amide bonds. The average Bonchev–Trinajstić information content (AvgIpc) is 3.19. The second kappa shape index (κ2) is 6.53. The summed E-state index contributed by atoms with van der Waals surface area (Å²) in [6.45, 7) is 3.12. The third-order valence-electron chi connectivity index (χ3n) is 3.65. The fraction of sp³-hybridized carbons (Fsp3) is 0.500. The van der Waals surface area contributed by atoms with Crippen molar-refractivity contribution in [1.29, 1.82) is 0 Å². The van der Waals surface area contributed by atoms with Gasteiger partial charge in [0.05, 0.1) is 12.2 Å². The minimum atomic E-state index is -0.866. The van der Waals surface area contributed by atoms with Crippen molar-refractivity contribution in [2.24, 2.45) is 0 Å². The van der Waals surface area contributed by atoms with Crippen molar-refractivity contribution in [3.8, 4) is 0 Å². The summed E-state index contributed by atoms with van der Waals surface area (Å²) in [4.78, 5) is 18.2. The first-order valence-corrected chi connectivity index (χ1v) is 7.98. The molecular weight excluding hydrogens is 307 g/mol. The van der Waals surface area contributed by atoms with Crippen LogP contribution in [-0.2, 0) is 6.54 Å². The fourth-order valence-corrected chi connectivity index (χ4v) is 3.24. The van der Waals surface area contributed by atoms with Crippen LogP contribution in [0.1, 0.15) is 27.7 Å². The molecule has 1 aliphatic rings. The van der Waals surface area contributed by atoms with Crippen LogP contribution in [0.25, 0.3) is 0 Å². The van der Waals surface area contributed by atoms with Gasteiger partial charge in [-0.1, -0.05) is 5.16 Å². The van der Waals surface area contributed by atoms with Crippen LogP contribution < -0.4 is 5.32 Å². The summed E-state index contributed by atoms with van der Waals surface area (Å²) in [6.07, 6.45) is 1.29. The van der Waals surface area contributed by atoms with Gasteiger partial charge in [-0.15, -0.1) is 11.3 Å². The Bertz CT molecular complexity index is 631. The fourth-order valence-electron chi connectivity index (χ4n) is 2.60. The number of carbonyl (C=O) groups excluding carboxylic acids is 1. The van der Waals surface area contributed by atoms with Crippen molar-refractivity contribution in [1.82, 2.24) is 20.4 Å². The lowest BCUT2D eigenvalue weighted by molar-refractivity contribution is 0.0903. The molecule has 0 unspecified atom stereocenters. The highest BCUT2D eigenvalue weighted by Crippen LogP contribution is 2.23. The number of aryl methyl sites for hydroxylation is 1. The van der Waals surface area contributed by atoms with E-state index >= 15 is 0 Å². The number of rotatable bonds is 5. The molecule has 2 atom stereocenters. The Morgan fingerprint density at radius 2 is 2.50 bits per heavy atom. The lowest BCUT2D eigenvalue weighted by Gasteiger charge is -2.22. The van der Waals surface area contributed by atoms with Crippen molar-refractivity contribution in [2.45, 2.75) is 32.1 Å². The van der Waals surface area contributed by atoms with E-state index in [9.17, 15) is 9.18 Å². The van der Waals surface area contributed by atoms with Crippen molar-refractivity contribution in [3.63, 3.8) is 0 Å². The van der Waals surface area contributed by atoms with Crippen LogP contribution in [0.15, 0.2) is 22.2 Å². The van der Waals surface area contributed by atoms with Gasteiger partial charge < -0.3 is 9.84 Å². The van der Waals surface area contributed by atoms with E-state index in [1.807, 2.05) is 10.3 Å². The molecule has 8 heteroatoms. The van der Waals surface area contributed by atoms with Crippen LogP contribution in [0.2, 0.25) is 0 Å². The summed E-state index contributed by atoms with van der Waals surface area (Å²) in [6, 6.07) is 1.54. The molecule has 1 saturated heterocycles. The monoisotopic (exact) mass is 324 g/mol. The third kappa shape index (κ3) is 3.50. The van der Waals surface area contributed by atoms with E-state index in [1.165, 1.54) is 0 Å². The largest absolute Gasteiger partial charge is 0.351 e. The van der Waals surface area contributed by atoms with Gasteiger partial charge in [0.25, 0.3) is 5.91 Å². The maximum Gasteiger partial charge on any atom is 0.289 e. The molecule has 3 rings (SSSR count). The van der Waals surface area contributed by atoms with Gasteiger partial charge in [0.15, 0.2) is 0 Å². The summed E-state index contributed by atoms with van der Waals surface area (Å²) >= 11 is 1.55. The number of nitrogens with zero attached hydrogens (tertiary/aromatic N) is 3. The number of hydrogen-bond acceptors (Lipinski definition) is 6. The molecule has 3 heterocycles. The van der Waals surface area contributed by atoms with E-state index in [0.29, 0.717) is 31.7 Å². The van der Waals surface area contributed by atoms with Crippen LogP contribution in [0.5, 0.6) is 0 Å². The number of carbonyl (C=O) groups is 1. The summed E-state index contributed by atoms with van der Waals surface area (Å²) < 4.78 is 18.6. The zero-order chi connectivity index (χ0) is 15.5. The maximum atomic E-state index is 13.7. The number of thiazole rings is 1. The van der Waals surface area contributed by atoms with Crippen LogP contribution >= 0.6 is 11.3 Å². The average molecular weight is 324 g/mol. The molecule has 6 nitrogen and oxygen atoms in total. The summed E-state index contributed by atoms with van der Waals surface area (Å²) in [7, 11) is 0. The van der Waals surface area contributed by atoms with Crippen molar-refractivity contribution in [3.05, 3.63) is 34.1 Å². The summed E-state index contributed by atoms with van der Waals surface area (Å²) in [5.74, 6) is -0.143. The first-order valence-electron chi connectivity index (χ1n) is 7.10. The number of aromatic nitrogens is 2. The second-order valence-electron chi connectivity index (χ2n) is 5.38. The van der Waals surface area contributed by atoms with E-state index in [1.54, 1.807) is 30.5 Å². The molecule has 0 aliphatic carbocycles. The molecule has 0 radical (unpaired) electrons. The topological polar surface area (TPSA) is 71.3 Å². The first kappa shape index (κ1) is 15.1. The number of alkyl halides is 1. The van der Waals surface area contributed by atoms with Gasteiger partial charge in [-0.2, -0.15) is 0 Å². The molecule has 1 N–H and O–H groups in total. The SMILES string of the molecule is Cc1cc(C(=O)NC[C@@H]2C[C@H](F)CN2Cc2nccs2)on1. The minimum Gasteiger partial charge on any atom is -0.351 e. The number of halogens is 1. The molecule has 0 bridgehead atoms. The summed E-state index contributed by atoms with van der Waals surface area (Å²) in [5, 5.41) is 9.33. The van der Waals surface area contributed by atoms with E-state index in [4.69, 9.17) is 4.52 Å². The molecule has 22 heavy (non-hydrogen) atoms. The number of likely N-dealkylation sites (tertiary alicyclic amines) is 1. The Kier molecular flexibility index (Phi) is 4.49. The van der Waals surface area contributed by atoms with Gasteiger partial charge in [0.1, 0.15) is 11.2 Å². The molecule has 0 aromatic carbocycles. The van der Waals surface area contributed by atoms with Crippen molar-refractivity contribution >= 4 is 17.2 Å². The zero-order valence-corrected chi connectivity index (χ0v) is 13.0. The highest BCUT2D eigenvalue weighted by molar-refractivity contribution is 7.09. The Hall–Kier alpha value is -1.80. The predicted molar refractivity (Wildman–Crippen MR) is 79.4 cm³/mol. The molecule has 0 saturated carbocycles. The Labute approximate surface area is 131 Å². The maximum absolute atomic E-state index is 13.7. The Morgan fingerprint density at radius 1 is 1.64 bits per heavy atom. The van der Waals surface area contributed by atoms with Crippen molar-refractivity contribution in [2.75, 3.05) is 13.1 Å². The highest BCUT2D eigenvalue weighted by atomic mass is 32.1. The molecule has 1 fully saturated rings. The van der Waals surface area contributed by atoms with Gasteiger partial charge >= 0.3 is 0 Å². The predicted octanol–water partition coefficient (Wildman–Crippen LogP) is 1.78. The standard InChI is InChI=1S/C14H17FN4O2S/c1-9-4-12(21-18-9)14(20)17-6-11-5-10(15)7-19(11)8-13-16-2-3-22-13/h2-4,10-11H,5-8H2,1H3,(H,17,20)/t10-,11-/m0/s1. The number of nitrogens with one attached hydrogen (secondary N) is 1. The Balaban J connectivity index is 1.56. The highest BCUT2D eigenvalue weighted by Gasteiger charge is 2.32. The lowest BCUT2D eigenvalue weighted by Crippen LogP contribution is -2.39. The van der Waals surface area contributed by atoms with E-state index in [0.717, 1.165) is 5.01 Å². The smallest absolute Gasteiger partial charge is 0.289 e. The van der Waals surface area contributed by atoms with E-state index in [-0.39, 0.29) is 17.7 Å². The second-order valence-corrected chi connectivity index (χ2v) is 6.36. The number of amides is 1. The summed E-state index contributed by atoms with van der Waals surface area (Å²) in [5.41, 5.74) is 0.653.